The monoisotopic (exact) mass is 716 g/mol. The molecule has 3 aromatic rings. The maximum Gasteiger partial charge on any atom is 0.338 e. The van der Waals surface area contributed by atoms with E-state index in [-0.39, 0.29) is 18.8 Å². The fraction of sp³-hybridized carbons (Fsp3) is 0.208. The molecule has 0 bridgehead atoms. The number of hydrogen-bond acceptors (Lipinski definition) is 7. The summed E-state index contributed by atoms with van der Waals surface area (Å²) in [6.45, 7) is 3.97. The maximum absolute atomic E-state index is 13.6. The number of thiophene rings is 1. The van der Waals surface area contributed by atoms with E-state index >= 15 is 0 Å². The number of benzene rings is 1. The van der Waals surface area contributed by atoms with Gasteiger partial charge in [0, 0.05) is 4.88 Å². The highest BCUT2D eigenvalue weighted by molar-refractivity contribution is 14.1. The number of thiazole rings is 1. The number of halogens is 2. The number of hydrogen-bond donors (Lipinski definition) is 0. The molecule has 0 saturated carbocycles. The topological polar surface area (TPSA) is 69.9 Å². The van der Waals surface area contributed by atoms with Crippen LogP contribution in [0.3, 0.4) is 0 Å². The Morgan fingerprint density at radius 3 is 2.71 bits per heavy atom. The number of fused-ring (bicyclic) bond motifs is 1. The second-order valence-electron chi connectivity index (χ2n) is 7.12. The van der Waals surface area contributed by atoms with Crippen molar-refractivity contribution in [2.45, 2.75) is 19.9 Å². The van der Waals surface area contributed by atoms with E-state index in [2.05, 4.69) is 56.1 Å². The quantitative estimate of drug-likeness (QED) is 0.219. The molecule has 0 spiro atoms. The Balaban J connectivity index is 1.87. The lowest BCUT2D eigenvalue weighted by Crippen LogP contribution is -2.39. The first kappa shape index (κ1) is 25.2. The zero-order valence-corrected chi connectivity index (χ0v) is 24.1. The summed E-state index contributed by atoms with van der Waals surface area (Å²) in [6, 6.07) is 7.14. The summed E-state index contributed by atoms with van der Waals surface area (Å²) in [5.74, 6) is 2.74. The van der Waals surface area contributed by atoms with Gasteiger partial charge in [-0.3, -0.25) is 9.36 Å². The molecule has 0 N–H and O–H groups in total. The van der Waals surface area contributed by atoms with Gasteiger partial charge in [-0.15, -0.1) is 17.8 Å². The van der Waals surface area contributed by atoms with Crippen molar-refractivity contribution in [3.63, 3.8) is 0 Å². The van der Waals surface area contributed by atoms with E-state index < -0.39 is 12.0 Å². The Bertz CT molecular complexity index is 1490. The molecule has 174 valence electrons. The number of terminal acetylenes is 1. The summed E-state index contributed by atoms with van der Waals surface area (Å²) in [4.78, 5) is 32.5. The van der Waals surface area contributed by atoms with Crippen molar-refractivity contribution in [3.05, 3.63) is 78.2 Å². The van der Waals surface area contributed by atoms with E-state index in [4.69, 9.17) is 15.9 Å². The molecule has 3 heterocycles. The minimum atomic E-state index is -0.572. The molecule has 1 atom stereocenters. The Labute approximate surface area is 231 Å². The zero-order valence-electron chi connectivity index (χ0n) is 18.1. The number of esters is 1. The SMILES string of the molecule is C#CCOc1c(I)cc(/C=c2\sc3n(c2=O)C(c2cccs2)C(C(=O)OCC)=C(C)N=3)cc1I. The number of carbonyl (C=O) groups excluding carboxylic acids is 1. The van der Waals surface area contributed by atoms with Crippen LogP contribution in [0.2, 0.25) is 0 Å². The summed E-state index contributed by atoms with van der Waals surface area (Å²) in [7, 11) is 0. The fourth-order valence-corrected chi connectivity index (χ4v) is 7.57. The third kappa shape index (κ3) is 4.89. The highest BCUT2D eigenvalue weighted by Crippen LogP contribution is 2.33. The van der Waals surface area contributed by atoms with E-state index in [0.717, 1.165) is 23.3 Å². The predicted molar refractivity (Wildman–Crippen MR) is 151 cm³/mol. The fourth-order valence-electron chi connectivity index (χ4n) is 3.57. The van der Waals surface area contributed by atoms with E-state index in [1.165, 1.54) is 22.7 Å². The number of nitrogens with zero attached hydrogens (tertiary/aromatic N) is 2. The van der Waals surface area contributed by atoms with Crippen LogP contribution in [0.25, 0.3) is 6.08 Å². The average Bonchev–Trinajstić information content (AvgIpc) is 3.41. The Morgan fingerprint density at radius 2 is 2.09 bits per heavy atom. The standard InChI is InChI=1S/C24H18I2N2O4S2/c1-4-8-32-21-15(25)10-14(11-16(21)26)12-18-22(29)28-20(17-7-6-9-33-17)19(23(30)31-5-2)13(3)27-24(28)34-18/h1,6-7,9-12,20H,5,8H2,2-3H3/b18-12-. The van der Waals surface area contributed by atoms with Crippen molar-refractivity contribution >= 4 is 79.9 Å². The van der Waals surface area contributed by atoms with Crippen LogP contribution in [0.5, 0.6) is 5.75 Å². The number of rotatable bonds is 6. The first-order chi connectivity index (χ1) is 16.3. The third-order valence-corrected chi connectivity index (χ3v) is 8.46. The van der Waals surface area contributed by atoms with Gasteiger partial charge in [-0.05, 0) is 94.2 Å². The Hall–Kier alpha value is -1.95. The van der Waals surface area contributed by atoms with Gasteiger partial charge in [-0.2, -0.15) is 0 Å². The molecular formula is C24H18I2N2O4S2. The minimum Gasteiger partial charge on any atom is -0.479 e. The van der Waals surface area contributed by atoms with Crippen LogP contribution in [0.4, 0.5) is 0 Å². The summed E-state index contributed by atoms with van der Waals surface area (Å²) >= 11 is 7.18. The van der Waals surface area contributed by atoms with Crippen molar-refractivity contribution < 1.29 is 14.3 Å². The smallest absolute Gasteiger partial charge is 0.338 e. The second kappa shape index (κ2) is 10.8. The highest BCUT2D eigenvalue weighted by Gasteiger charge is 2.33. The van der Waals surface area contributed by atoms with Gasteiger partial charge in [0.25, 0.3) is 5.56 Å². The molecule has 0 aliphatic carbocycles. The van der Waals surface area contributed by atoms with E-state index in [9.17, 15) is 9.59 Å². The molecular weight excluding hydrogens is 698 g/mol. The first-order valence-electron chi connectivity index (χ1n) is 10.1. The molecule has 0 radical (unpaired) electrons. The number of allylic oxidation sites excluding steroid dienone is 1. The molecule has 2 aromatic heterocycles. The molecule has 0 saturated heterocycles. The second-order valence-corrected chi connectivity index (χ2v) is 11.4. The van der Waals surface area contributed by atoms with E-state index in [1.54, 1.807) is 18.4 Å². The van der Waals surface area contributed by atoms with Crippen molar-refractivity contribution in [2.24, 2.45) is 4.99 Å². The van der Waals surface area contributed by atoms with E-state index in [1.807, 2.05) is 35.7 Å². The third-order valence-electron chi connectivity index (χ3n) is 4.95. The summed E-state index contributed by atoms with van der Waals surface area (Å²) in [5.41, 5.74) is 1.61. The van der Waals surface area contributed by atoms with Crippen molar-refractivity contribution in [1.29, 1.82) is 0 Å². The van der Waals surface area contributed by atoms with Gasteiger partial charge in [0.15, 0.2) is 4.80 Å². The van der Waals surface area contributed by atoms with Crippen LogP contribution in [-0.4, -0.2) is 23.8 Å². The number of carbonyl (C=O) groups is 1. The van der Waals surface area contributed by atoms with Crippen molar-refractivity contribution in [3.8, 4) is 18.1 Å². The maximum atomic E-state index is 13.6. The van der Waals surface area contributed by atoms with Crippen LogP contribution >= 0.6 is 67.9 Å². The Kier molecular flexibility index (Phi) is 7.96. The predicted octanol–water partition coefficient (Wildman–Crippen LogP) is 4.08. The molecule has 10 heteroatoms. The van der Waals surface area contributed by atoms with Crippen LogP contribution < -0.4 is 19.6 Å². The van der Waals surface area contributed by atoms with Gasteiger partial charge in [0.1, 0.15) is 18.4 Å². The lowest BCUT2D eigenvalue weighted by Gasteiger charge is -2.23. The van der Waals surface area contributed by atoms with Crippen molar-refractivity contribution in [1.82, 2.24) is 4.57 Å². The van der Waals surface area contributed by atoms with E-state index in [0.29, 0.717) is 20.6 Å². The first-order valence-corrected chi connectivity index (χ1v) is 14.0. The van der Waals surface area contributed by atoms with Crippen LogP contribution in [-0.2, 0) is 9.53 Å². The minimum absolute atomic E-state index is 0.189. The lowest BCUT2D eigenvalue weighted by molar-refractivity contribution is -0.139. The molecule has 4 rings (SSSR count). The molecule has 0 amide bonds. The van der Waals surface area contributed by atoms with Gasteiger partial charge >= 0.3 is 5.97 Å². The number of aromatic nitrogens is 1. The molecule has 6 nitrogen and oxygen atoms in total. The largest absolute Gasteiger partial charge is 0.479 e. The zero-order chi connectivity index (χ0) is 24.4. The van der Waals surface area contributed by atoms with Gasteiger partial charge in [0.05, 0.1) is 29.5 Å². The van der Waals surface area contributed by atoms with Gasteiger partial charge in [-0.1, -0.05) is 23.3 Å². The summed E-state index contributed by atoms with van der Waals surface area (Å²) < 4.78 is 14.9. The molecule has 1 aromatic carbocycles. The van der Waals surface area contributed by atoms with Gasteiger partial charge in [-0.25, -0.2) is 9.79 Å². The average molecular weight is 716 g/mol. The summed E-state index contributed by atoms with van der Waals surface area (Å²) in [6.07, 6.45) is 7.15. The lowest BCUT2D eigenvalue weighted by atomic mass is 10.0. The van der Waals surface area contributed by atoms with Gasteiger partial charge in [0.2, 0.25) is 0 Å². The number of ether oxygens (including phenoxy) is 2. The molecule has 1 unspecified atom stereocenters. The van der Waals surface area contributed by atoms with Crippen molar-refractivity contribution in [2.75, 3.05) is 13.2 Å². The molecule has 0 fully saturated rings. The molecule has 34 heavy (non-hydrogen) atoms. The highest BCUT2D eigenvalue weighted by atomic mass is 127. The van der Waals surface area contributed by atoms with Crippen LogP contribution in [0.1, 0.15) is 30.3 Å². The van der Waals surface area contributed by atoms with Crippen LogP contribution in [0.15, 0.2) is 50.7 Å². The molecule has 1 aliphatic heterocycles. The normalized spacial score (nSPS) is 15.5. The molecule has 1 aliphatic rings. The Morgan fingerprint density at radius 1 is 1.35 bits per heavy atom. The summed E-state index contributed by atoms with van der Waals surface area (Å²) in [5, 5.41) is 1.93. The van der Waals surface area contributed by atoms with Crippen LogP contribution in [0, 0.1) is 19.5 Å². The van der Waals surface area contributed by atoms with Gasteiger partial charge < -0.3 is 9.47 Å².